The molecule has 0 aliphatic rings. The highest BCUT2D eigenvalue weighted by Crippen LogP contribution is 2.16. The lowest BCUT2D eigenvalue weighted by molar-refractivity contribution is -0.191. The third-order valence-corrected chi connectivity index (χ3v) is 3.91. The molecule has 0 aliphatic carbocycles. The highest BCUT2D eigenvalue weighted by molar-refractivity contribution is 7.12. The minimum Gasteiger partial charge on any atom is -0.246 e. The van der Waals surface area contributed by atoms with E-state index in [4.69, 9.17) is 9.59 Å². The number of hydrogen-bond donors (Lipinski definition) is 0. The van der Waals surface area contributed by atoms with Crippen molar-refractivity contribution in [2.24, 2.45) is 0 Å². The van der Waals surface area contributed by atoms with E-state index < -0.39 is 0 Å². The fourth-order valence-electron chi connectivity index (χ4n) is 1.90. The Labute approximate surface area is 130 Å². The third kappa shape index (κ3) is 3.66. The zero-order chi connectivity index (χ0) is 15.9. The maximum absolute atomic E-state index is 12.3. The number of aryl methyl sites for hydroxylation is 1. The number of carbonyl (C=O) groups excluding carboxylic acids is 2. The van der Waals surface area contributed by atoms with Crippen LogP contribution in [0.5, 0.6) is 0 Å². The molecule has 0 spiro atoms. The van der Waals surface area contributed by atoms with E-state index in [2.05, 4.69) is 5.10 Å². The van der Waals surface area contributed by atoms with E-state index in [1.165, 1.54) is 4.68 Å². The summed E-state index contributed by atoms with van der Waals surface area (Å²) in [6, 6.07) is 11.8. The van der Waals surface area contributed by atoms with Gasteiger partial charge in [0.1, 0.15) is 11.3 Å². The van der Waals surface area contributed by atoms with Gasteiger partial charge in [-0.1, -0.05) is 30.3 Å². The number of nitrogens with zero attached hydrogens (tertiary/aromatic N) is 3. The average molecular weight is 315 g/mol. The first-order chi connectivity index (χ1) is 10.7. The van der Waals surface area contributed by atoms with Crippen LogP contribution < -0.4 is 5.69 Å². The van der Waals surface area contributed by atoms with E-state index in [0.717, 1.165) is 16.1 Å². The highest BCUT2D eigenvalue weighted by atomic mass is 32.1. The van der Waals surface area contributed by atoms with E-state index in [1.54, 1.807) is 22.2 Å². The van der Waals surface area contributed by atoms with Crippen molar-refractivity contribution in [2.45, 2.75) is 13.5 Å². The largest absolute Gasteiger partial charge is 0.373 e. The van der Waals surface area contributed by atoms with Gasteiger partial charge in [-0.05, 0) is 29.5 Å². The summed E-state index contributed by atoms with van der Waals surface area (Å²) in [5.41, 5.74) is 2.12. The average Bonchev–Trinajstić information content (AvgIpc) is 3.08. The van der Waals surface area contributed by atoms with E-state index >= 15 is 0 Å². The van der Waals surface area contributed by atoms with Gasteiger partial charge in [-0.25, -0.2) is 14.0 Å². The molecule has 0 unspecified atom stereocenters. The van der Waals surface area contributed by atoms with Crippen LogP contribution in [0.25, 0.3) is 5.00 Å². The number of aromatic nitrogens is 3. The van der Waals surface area contributed by atoms with Crippen molar-refractivity contribution in [3.05, 3.63) is 69.7 Å². The van der Waals surface area contributed by atoms with Gasteiger partial charge in [0.05, 0.1) is 6.54 Å². The number of hydrogen-bond acceptors (Lipinski definition) is 5. The van der Waals surface area contributed by atoms with Gasteiger partial charge in [-0.2, -0.15) is 14.7 Å². The Hall–Kier alpha value is -2.76. The molecular weight excluding hydrogens is 302 g/mol. The van der Waals surface area contributed by atoms with Gasteiger partial charge in [-0.15, -0.1) is 11.3 Å². The lowest BCUT2D eigenvalue weighted by Crippen LogP contribution is -2.23. The minimum absolute atomic E-state index is 0.106. The monoisotopic (exact) mass is 315 g/mol. The molecule has 22 heavy (non-hydrogen) atoms. The molecule has 0 aliphatic heterocycles. The van der Waals surface area contributed by atoms with Gasteiger partial charge >= 0.3 is 11.8 Å². The van der Waals surface area contributed by atoms with Crippen LogP contribution in [-0.2, 0) is 16.1 Å². The van der Waals surface area contributed by atoms with Crippen molar-refractivity contribution >= 4 is 17.5 Å². The van der Waals surface area contributed by atoms with E-state index in [0.29, 0.717) is 6.54 Å². The molecule has 3 rings (SSSR count). The summed E-state index contributed by atoms with van der Waals surface area (Å²) in [4.78, 5) is 28.5. The lowest BCUT2D eigenvalue weighted by Gasteiger charge is -1.99. The summed E-state index contributed by atoms with van der Waals surface area (Å²) in [6.45, 7) is 2.51. The number of rotatable bonds is 3. The zero-order valence-electron chi connectivity index (χ0n) is 11.8. The predicted octanol–water partition coefficient (Wildman–Crippen LogP) is 1.87. The molecule has 2 aromatic heterocycles. The minimum atomic E-state index is -0.106. The first-order valence-corrected chi connectivity index (χ1v) is 7.27. The summed E-state index contributed by atoms with van der Waals surface area (Å²) in [6.07, 6.45) is 1.83. The van der Waals surface area contributed by atoms with Crippen LogP contribution in [0, 0.1) is 6.92 Å². The fourth-order valence-corrected chi connectivity index (χ4v) is 2.76. The van der Waals surface area contributed by atoms with E-state index in [1.807, 2.05) is 48.7 Å². The van der Waals surface area contributed by atoms with Gasteiger partial charge in [0.15, 0.2) is 0 Å². The van der Waals surface area contributed by atoms with Crippen LogP contribution in [0.2, 0.25) is 0 Å². The number of thiophene rings is 1. The topological polar surface area (TPSA) is 74.0 Å². The van der Waals surface area contributed by atoms with Crippen molar-refractivity contribution in [2.75, 3.05) is 0 Å². The second kappa shape index (κ2) is 7.31. The Bertz CT molecular complexity index is 827. The summed E-state index contributed by atoms with van der Waals surface area (Å²) in [5, 5.41) is 7.10. The zero-order valence-corrected chi connectivity index (χ0v) is 12.6. The van der Waals surface area contributed by atoms with Crippen molar-refractivity contribution in [1.29, 1.82) is 0 Å². The second-order valence-corrected chi connectivity index (χ2v) is 5.36. The SMILES string of the molecule is Cc1csc(-n2cnn(Cc3ccccc3)c2=O)c1.O=C=O. The Morgan fingerprint density at radius 1 is 1.23 bits per heavy atom. The summed E-state index contributed by atoms with van der Waals surface area (Å²) >= 11 is 1.55. The highest BCUT2D eigenvalue weighted by Gasteiger charge is 2.08. The van der Waals surface area contributed by atoms with Crippen LogP contribution in [0.4, 0.5) is 0 Å². The number of benzene rings is 1. The molecule has 0 bridgehead atoms. The molecule has 0 fully saturated rings. The molecule has 0 saturated heterocycles. The van der Waals surface area contributed by atoms with Crippen LogP contribution >= 0.6 is 11.3 Å². The second-order valence-electron chi connectivity index (χ2n) is 4.47. The van der Waals surface area contributed by atoms with Crippen LogP contribution in [0.1, 0.15) is 11.1 Å². The molecule has 0 N–H and O–H groups in total. The summed E-state index contributed by atoms with van der Waals surface area (Å²) in [7, 11) is 0. The molecule has 0 atom stereocenters. The quantitative estimate of drug-likeness (QED) is 0.739. The standard InChI is InChI=1S/C14H13N3OS.CO2/c1-11-7-13(19-9-11)16-10-15-17(14(16)18)8-12-5-3-2-4-6-12;2-1-3/h2-7,9-10H,8H2,1H3;. The van der Waals surface area contributed by atoms with E-state index in [9.17, 15) is 4.79 Å². The maximum atomic E-state index is 12.3. The van der Waals surface area contributed by atoms with Gasteiger partial charge in [-0.3, -0.25) is 0 Å². The van der Waals surface area contributed by atoms with Crippen molar-refractivity contribution < 1.29 is 9.59 Å². The lowest BCUT2D eigenvalue weighted by atomic mass is 10.2. The Kier molecular flexibility index (Phi) is 5.19. The molecule has 1 aromatic carbocycles. The Morgan fingerprint density at radius 3 is 2.50 bits per heavy atom. The molecular formula is C15H13N3O3S. The van der Waals surface area contributed by atoms with Crippen molar-refractivity contribution in [3.63, 3.8) is 0 Å². The smallest absolute Gasteiger partial charge is 0.246 e. The molecule has 6 nitrogen and oxygen atoms in total. The molecule has 2 heterocycles. The Morgan fingerprint density at radius 2 is 1.91 bits per heavy atom. The van der Waals surface area contributed by atoms with Gasteiger partial charge in [0, 0.05) is 0 Å². The molecule has 112 valence electrons. The first-order valence-electron chi connectivity index (χ1n) is 6.39. The first kappa shape index (κ1) is 15.6. The molecule has 0 radical (unpaired) electrons. The van der Waals surface area contributed by atoms with Crippen LogP contribution in [0.3, 0.4) is 0 Å². The molecule has 0 saturated carbocycles. The fraction of sp³-hybridized carbons (Fsp3) is 0.133. The van der Waals surface area contributed by atoms with Crippen molar-refractivity contribution in [1.82, 2.24) is 14.3 Å². The maximum Gasteiger partial charge on any atom is 0.373 e. The molecule has 3 aromatic rings. The van der Waals surface area contributed by atoms with Gasteiger partial charge in [0.2, 0.25) is 0 Å². The van der Waals surface area contributed by atoms with E-state index in [-0.39, 0.29) is 11.8 Å². The third-order valence-electron chi connectivity index (χ3n) is 2.86. The Balaban J connectivity index is 0.000000545. The molecule has 7 heteroatoms. The van der Waals surface area contributed by atoms with Crippen LogP contribution in [-0.4, -0.2) is 20.5 Å². The van der Waals surface area contributed by atoms with Gasteiger partial charge < -0.3 is 0 Å². The summed E-state index contributed by atoms with van der Waals surface area (Å²) < 4.78 is 3.06. The normalized spacial score (nSPS) is 9.68. The summed E-state index contributed by atoms with van der Waals surface area (Å²) in [5.74, 6) is 0. The van der Waals surface area contributed by atoms with Crippen molar-refractivity contribution in [3.8, 4) is 5.00 Å². The predicted molar refractivity (Wildman–Crippen MR) is 81.0 cm³/mol. The van der Waals surface area contributed by atoms with Crippen LogP contribution in [0.15, 0.2) is 52.9 Å². The van der Waals surface area contributed by atoms with Gasteiger partial charge in [0.25, 0.3) is 0 Å². The molecule has 0 amide bonds.